The van der Waals surface area contributed by atoms with E-state index in [4.69, 9.17) is 14.5 Å². The Morgan fingerprint density at radius 2 is 1.70 bits per heavy atom. The SMILES string of the molecule is CCOc1ccc(C(C)(C)C)cc1NC(=O)Nc1ccc(-c2ccc(CN3CCOCC3)nc2)c2ccccc12. The van der Waals surface area contributed by atoms with Gasteiger partial charge in [0.05, 0.1) is 36.9 Å². The number of urea groups is 1. The fourth-order valence-electron chi connectivity index (χ4n) is 4.98. The summed E-state index contributed by atoms with van der Waals surface area (Å²) in [6, 6.07) is 22.0. The van der Waals surface area contributed by atoms with Gasteiger partial charge in [0.2, 0.25) is 0 Å². The van der Waals surface area contributed by atoms with E-state index in [-0.39, 0.29) is 11.4 Å². The zero-order valence-corrected chi connectivity index (χ0v) is 23.8. The number of ether oxygens (including phenoxy) is 2. The summed E-state index contributed by atoms with van der Waals surface area (Å²) < 4.78 is 11.2. The molecule has 0 bridgehead atoms. The van der Waals surface area contributed by atoms with Crippen LogP contribution in [-0.2, 0) is 16.7 Å². The summed E-state index contributed by atoms with van der Waals surface area (Å²) in [5.41, 5.74) is 5.60. The van der Waals surface area contributed by atoms with Gasteiger partial charge in [0.25, 0.3) is 0 Å². The summed E-state index contributed by atoms with van der Waals surface area (Å²) in [7, 11) is 0. The monoisotopic (exact) mass is 538 g/mol. The number of pyridine rings is 1. The average molecular weight is 539 g/mol. The van der Waals surface area contributed by atoms with E-state index < -0.39 is 0 Å². The van der Waals surface area contributed by atoms with Crippen molar-refractivity contribution in [2.24, 2.45) is 0 Å². The number of rotatable bonds is 7. The van der Waals surface area contributed by atoms with E-state index in [1.165, 1.54) is 0 Å². The van der Waals surface area contributed by atoms with Crippen LogP contribution in [0.1, 0.15) is 39.0 Å². The second kappa shape index (κ2) is 12.1. The van der Waals surface area contributed by atoms with E-state index in [0.29, 0.717) is 18.0 Å². The molecule has 0 spiro atoms. The number of amides is 2. The molecule has 4 aromatic rings. The second-order valence-corrected chi connectivity index (χ2v) is 11.1. The number of fused-ring (bicyclic) bond motifs is 1. The summed E-state index contributed by atoms with van der Waals surface area (Å²) in [5.74, 6) is 0.649. The highest BCUT2D eigenvalue weighted by Gasteiger charge is 2.18. The lowest BCUT2D eigenvalue weighted by molar-refractivity contribution is 0.0336. The molecule has 7 nitrogen and oxygen atoms in total. The van der Waals surface area contributed by atoms with Crippen LogP contribution in [0.2, 0.25) is 0 Å². The molecular weight excluding hydrogens is 500 g/mol. The maximum absolute atomic E-state index is 13.2. The Morgan fingerprint density at radius 1 is 0.950 bits per heavy atom. The number of hydrogen-bond donors (Lipinski definition) is 2. The van der Waals surface area contributed by atoms with E-state index in [2.05, 4.69) is 54.5 Å². The molecule has 7 heteroatoms. The third-order valence-electron chi connectivity index (χ3n) is 7.19. The number of morpholine rings is 1. The number of aromatic nitrogens is 1. The minimum absolute atomic E-state index is 0.0563. The van der Waals surface area contributed by atoms with E-state index in [0.717, 1.165) is 71.7 Å². The molecule has 1 aromatic heterocycles. The Morgan fingerprint density at radius 3 is 2.40 bits per heavy atom. The van der Waals surface area contributed by atoms with Crippen molar-refractivity contribution >= 4 is 28.2 Å². The van der Waals surface area contributed by atoms with E-state index in [9.17, 15) is 4.79 Å². The lowest BCUT2D eigenvalue weighted by atomic mass is 9.87. The van der Waals surface area contributed by atoms with Crippen LogP contribution in [0.4, 0.5) is 16.2 Å². The number of hydrogen-bond acceptors (Lipinski definition) is 5. The number of carbonyl (C=O) groups is 1. The first-order valence-electron chi connectivity index (χ1n) is 13.9. The number of anilines is 2. The first kappa shape index (κ1) is 27.6. The minimum atomic E-state index is -0.320. The molecule has 40 heavy (non-hydrogen) atoms. The van der Waals surface area contributed by atoms with Gasteiger partial charge in [-0.05, 0) is 53.1 Å². The van der Waals surface area contributed by atoms with Crippen molar-refractivity contribution in [3.8, 4) is 16.9 Å². The van der Waals surface area contributed by atoms with E-state index in [1.54, 1.807) is 0 Å². The summed E-state index contributed by atoms with van der Waals surface area (Å²) in [6.45, 7) is 13.1. The quantitative estimate of drug-likeness (QED) is 0.263. The molecule has 1 aliphatic rings. The molecule has 1 aliphatic heterocycles. The van der Waals surface area contributed by atoms with Crippen LogP contribution >= 0.6 is 0 Å². The van der Waals surface area contributed by atoms with Crippen LogP contribution in [0.15, 0.2) is 72.9 Å². The van der Waals surface area contributed by atoms with Crippen LogP contribution in [0.3, 0.4) is 0 Å². The van der Waals surface area contributed by atoms with Gasteiger partial charge in [0.1, 0.15) is 5.75 Å². The molecule has 2 heterocycles. The third kappa shape index (κ3) is 6.43. The maximum atomic E-state index is 13.2. The predicted molar refractivity (Wildman–Crippen MR) is 162 cm³/mol. The van der Waals surface area contributed by atoms with Crippen LogP contribution in [0, 0.1) is 0 Å². The maximum Gasteiger partial charge on any atom is 0.323 e. The average Bonchev–Trinajstić information content (AvgIpc) is 2.95. The molecule has 5 rings (SSSR count). The first-order valence-corrected chi connectivity index (χ1v) is 13.9. The van der Waals surface area contributed by atoms with Crippen molar-refractivity contribution in [3.05, 3.63) is 84.2 Å². The molecule has 0 aliphatic carbocycles. The topological polar surface area (TPSA) is 75.7 Å². The van der Waals surface area contributed by atoms with Gasteiger partial charge in [0.15, 0.2) is 0 Å². The summed E-state index contributed by atoms with van der Waals surface area (Å²) in [6.07, 6.45) is 1.94. The van der Waals surface area contributed by atoms with Crippen LogP contribution in [0.5, 0.6) is 5.75 Å². The minimum Gasteiger partial charge on any atom is -0.492 e. The molecule has 208 valence electrons. The van der Waals surface area contributed by atoms with Gasteiger partial charge in [-0.2, -0.15) is 0 Å². The van der Waals surface area contributed by atoms with Crippen molar-refractivity contribution in [2.45, 2.75) is 39.7 Å². The highest BCUT2D eigenvalue weighted by atomic mass is 16.5. The summed E-state index contributed by atoms with van der Waals surface area (Å²) >= 11 is 0. The molecule has 2 N–H and O–H groups in total. The van der Waals surface area contributed by atoms with E-state index in [1.807, 2.05) is 61.7 Å². The van der Waals surface area contributed by atoms with Gasteiger partial charge in [0, 0.05) is 36.8 Å². The molecule has 0 radical (unpaired) electrons. The van der Waals surface area contributed by atoms with Gasteiger partial charge >= 0.3 is 6.03 Å². The number of nitrogens with zero attached hydrogens (tertiary/aromatic N) is 2. The van der Waals surface area contributed by atoms with Crippen molar-refractivity contribution in [2.75, 3.05) is 43.5 Å². The summed E-state index contributed by atoms with van der Waals surface area (Å²) in [5, 5.41) is 8.08. The number of benzene rings is 3. The van der Waals surface area contributed by atoms with Gasteiger partial charge in [-0.3, -0.25) is 9.88 Å². The molecular formula is C33H38N4O3. The van der Waals surface area contributed by atoms with Crippen molar-refractivity contribution in [1.29, 1.82) is 0 Å². The second-order valence-electron chi connectivity index (χ2n) is 11.1. The summed E-state index contributed by atoms with van der Waals surface area (Å²) in [4.78, 5) is 20.3. The standard InChI is InChI=1S/C33H38N4O3/c1-5-40-31-15-11-24(33(2,3)4)20-30(31)36-32(38)35-29-14-13-26(27-8-6-7-9-28(27)29)23-10-12-25(34-21-23)22-37-16-18-39-19-17-37/h6-15,20-21H,5,16-19,22H2,1-4H3,(H2,35,36,38). The molecule has 1 saturated heterocycles. The van der Waals surface area contributed by atoms with E-state index >= 15 is 0 Å². The lowest BCUT2D eigenvalue weighted by Gasteiger charge is -2.26. The van der Waals surface area contributed by atoms with Crippen LogP contribution < -0.4 is 15.4 Å². The highest BCUT2D eigenvalue weighted by Crippen LogP contribution is 2.34. The third-order valence-corrected chi connectivity index (χ3v) is 7.19. The Bertz CT molecular complexity index is 1470. The normalized spacial score (nSPS) is 14.2. The largest absolute Gasteiger partial charge is 0.492 e. The Labute approximate surface area is 236 Å². The van der Waals surface area contributed by atoms with Crippen molar-refractivity contribution in [3.63, 3.8) is 0 Å². The molecule has 2 amide bonds. The number of nitrogens with one attached hydrogen (secondary N) is 2. The Hall–Kier alpha value is -3.94. The number of carbonyl (C=O) groups excluding carboxylic acids is 1. The Balaban J connectivity index is 1.36. The molecule has 0 atom stereocenters. The van der Waals surface area contributed by atoms with Crippen LogP contribution in [0.25, 0.3) is 21.9 Å². The first-order chi connectivity index (χ1) is 19.3. The molecule has 0 unspecified atom stereocenters. The predicted octanol–water partition coefficient (Wildman–Crippen LogP) is 7.07. The smallest absolute Gasteiger partial charge is 0.323 e. The molecule has 3 aromatic carbocycles. The fraction of sp³-hybridized carbons (Fsp3) is 0.333. The van der Waals surface area contributed by atoms with Gasteiger partial charge in [-0.1, -0.05) is 63.2 Å². The molecule has 0 saturated carbocycles. The lowest BCUT2D eigenvalue weighted by Crippen LogP contribution is -2.35. The van der Waals surface area contributed by atoms with Crippen molar-refractivity contribution in [1.82, 2.24) is 9.88 Å². The zero-order valence-electron chi connectivity index (χ0n) is 23.8. The van der Waals surface area contributed by atoms with Gasteiger partial charge < -0.3 is 20.1 Å². The zero-order chi connectivity index (χ0) is 28.1. The highest BCUT2D eigenvalue weighted by molar-refractivity contribution is 6.10. The van der Waals surface area contributed by atoms with Crippen LogP contribution in [-0.4, -0.2) is 48.8 Å². The molecule has 1 fully saturated rings. The Kier molecular flexibility index (Phi) is 8.33. The van der Waals surface area contributed by atoms with Gasteiger partial charge in [-0.15, -0.1) is 0 Å². The fourth-order valence-corrected chi connectivity index (χ4v) is 4.98. The van der Waals surface area contributed by atoms with Crippen molar-refractivity contribution < 1.29 is 14.3 Å². The van der Waals surface area contributed by atoms with Gasteiger partial charge in [-0.25, -0.2) is 4.79 Å².